The first-order chi connectivity index (χ1) is 8.81. The van der Waals surface area contributed by atoms with Gasteiger partial charge in [-0.25, -0.2) is 4.79 Å². The second-order valence-electron chi connectivity index (χ2n) is 5.45. The summed E-state index contributed by atoms with van der Waals surface area (Å²) in [6, 6.07) is 9.47. The molecule has 3 fully saturated rings. The Bertz CT molecular complexity index is 410. The molecule has 0 unspecified atom stereocenters. The Morgan fingerprint density at radius 3 is 2.44 bits per heavy atom. The Kier molecular flexibility index (Phi) is 3.22. The van der Waals surface area contributed by atoms with Gasteiger partial charge in [-0.15, -0.1) is 0 Å². The number of para-hydroxylation sites is 1. The van der Waals surface area contributed by atoms with E-state index in [0.717, 1.165) is 18.0 Å². The number of anilines is 1. The van der Waals surface area contributed by atoms with Crippen LogP contribution in [0.25, 0.3) is 0 Å². The maximum Gasteiger partial charge on any atom is 0.411 e. The molecule has 3 heteroatoms. The summed E-state index contributed by atoms with van der Waals surface area (Å²) in [7, 11) is 0. The van der Waals surface area contributed by atoms with Gasteiger partial charge in [0.2, 0.25) is 0 Å². The Balaban J connectivity index is 1.55. The molecule has 0 radical (unpaired) electrons. The molecule has 4 rings (SSSR count). The molecule has 1 aromatic rings. The topological polar surface area (TPSA) is 38.3 Å². The van der Waals surface area contributed by atoms with Crippen molar-refractivity contribution in [3.63, 3.8) is 0 Å². The van der Waals surface area contributed by atoms with Crippen molar-refractivity contribution in [2.75, 3.05) is 5.32 Å². The molecule has 1 amide bonds. The Morgan fingerprint density at radius 1 is 1.11 bits per heavy atom. The van der Waals surface area contributed by atoms with Crippen LogP contribution in [0.5, 0.6) is 0 Å². The number of amides is 1. The quantitative estimate of drug-likeness (QED) is 0.860. The fourth-order valence-electron chi connectivity index (χ4n) is 3.27. The van der Waals surface area contributed by atoms with Crippen LogP contribution in [-0.4, -0.2) is 12.2 Å². The Morgan fingerprint density at radius 2 is 1.83 bits per heavy atom. The number of carbonyl (C=O) groups excluding carboxylic acids is 1. The monoisotopic (exact) mass is 245 g/mol. The van der Waals surface area contributed by atoms with Gasteiger partial charge in [-0.1, -0.05) is 18.2 Å². The molecule has 18 heavy (non-hydrogen) atoms. The molecule has 0 heterocycles. The van der Waals surface area contributed by atoms with Crippen LogP contribution < -0.4 is 5.32 Å². The molecule has 0 saturated heterocycles. The lowest BCUT2D eigenvalue weighted by atomic mass is 9.69. The molecule has 3 aliphatic carbocycles. The van der Waals surface area contributed by atoms with Crippen LogP contribution in [-0.2, 0) is 4.74 Å². The third-order valence-corrected chi connectivity index (χ3v) is 4.26. The van der Waals surface area contributed by atoms with Crippen molar-refractivity contribution < 1.29 is 9.53 Å². The summed E-state index contributed by atoms with van der Waals surface area (Å²) in [4.78, 5) is 11.8. The van der Waals surface area contributed by atoms with Crippen LogP contribution in [0.1, 0.15) is 32.1 Å². The van der Waals surface area contributed by atoms with E-state index in [0.29, 0.717) is 5.92 Å². The third kappa shape index (κ3) is 2.50. The average molecular weight is 245 g/mol. The number of nitrogens with one attached hydrogen (secondary N) is 1. The molecule has 1 N–H and O–H groups in total. The van der Waals surface area contributed by atoms with Crippen LogP contribution >= 0.6 is 0 Å². The van der Waals surface area contributed by atoms with Crippen LogP contribution in [0.15, 0.2) is 30.3 Å². The molecular formula is C15H19NO2. The van der Waals surface area contributed by atoms with E-state index in [2.05, 4.69) is 5.32 Å². The number of ether oxygens (including phenoxy) is 1. The Labute approximate surface area is 108 Å². The maximum absolute atomic E-state index is 11.8. The van der Waals surface area contributed by atoms with Gasteiger partial charge in [0.05, 0.1) is 0 Å². The van der Waals surface area contributed by atoms with Crippen molar-refractivity contribution >= 4 is 11.8 Å². The smallest absolute Gasteiger partial charge is 0.411 e. The second-order valence-corrected chi connectivity index (χ2v) is 5.45. The second kappa shape index (κ2) is 5.01. The van der Waals surface area contributed by atoms with Gasteiger partial charge in [0.15, 0.2) is 0 Å². The van der Waals surface area contributed by atoms with Crippen molar-refractivity contribution in [1.82, 2.24) is 0 Å². The predicted molar refractivity (Wildman–Crippen MR) is 70.4 cm³/mol. The van der Waals surface area contributed by atoms with E-state index in [1.54, 1.807) is 0 Å². The number of fused-ring (bicyclic) bond motifs is 3. The van der Waals surface area contributed by atoms with Crippen LogP contribution in [0, 0.1) is 11.8 Å². The van der Waals surface area contributed by atoms with Gasteiger partial charge in [-0.2, -0.15) is 0 Å². The summed E-state index contributed by atoms with van der Waals surface area (Å²) in [5, 5.41) is 2.79. The standard InChI is InChI=1S/C15H19NO2/c17-15(16-13-4-2-1-3-5-13)18-14-10-11-6-8-12(14)9-7-11/h1-5,11-12,14H,6-10H2,(H,16,17)/t11?,12?,14-/m1/s1. The zero-order valence-electron chi connectivity index (χ0n) is 10.5. The number of benzene rings is 1. The summed E-state index contributed by atoms with van der Waals surface area (Å²) in [6.07, 6.45) is 6.00. The zero-order chi connectivity index (χ0) is 12.4. The van der Waals surface area contributed by atoms with Crippen molar-refractivity contribution in [2.45, 2.75) is 38.2 Å². The average Bonchev–Trinajstić information content (AvgIpc) is 2.41. The van der Waals surface area contributed by atoms with E-state index in [4.69, 9.17) is 4.74 Å². The number of hydrogen-bond acceptors (Lipinski definition) is 2. The van der Waals surface area contributed by atoms with Gasteiger partial charge in [0.1, 0.15) is 6.10 Å². The fraction of sp³-hybridized carbons (Fsp3) is 0.533. The summed E-state index contributed by atoms with van der Waals surface area (Å²) in [5.41, 5.74) is 0.795. The first-order valence-electron chi connectivity index (χ1n) is 6.84. The Hall–Kier alpha value is -1.51. The highest BCUT2D eigenvalue weighted by atomic mass is 16.6. The highest BCUT2D eigenvalue weighted by Crippen LogP contribution is 2.42. The molecule has 3 nitrogen and oxygen atoms in total. The SMILES string of the molecule is O=C(Nc1ccccc1)O[C@@H]1CC2CCC1CC2. The predicted octanol–water partition coefficient (Wildman–Crippen LogP) is 3.81. The van der Waals surface area contributed by atoms with Gasteiger partial charge < -0.3 is 4.74 Å². The molecule has 0 aliphatic heterocycles. The van der Waals surface area contributed by atoms with Crippen molar-refractivity contribution in [3.05, 3.63) is 30.3 Å². The molecule has 3 saturated carbocycles. The molecule has 96 valence electrons. The van der Waals surface area contributed by atoms with Gasteiger partial charge >= 0.3 is 6.09 Å². The van der Waals surface area contributed by atoms with Crippen molar-refractivity contribution in [1.29, 1.82) is 0 Å². The van der Waals surface area contributed by atoms with Crippen LogP contribution in [0.2, 0.25) is 0 Å². The van der Waals surface area contributed by atoms with Gasteiger partial charge in [-0.05, 0) is 56.1 Å². The third-order valence-electron chi connectivity index (χ3n) is 4.26. The number of rotatable bonds is 2. The highest BCUT2D eigenvalue weighted by Gasteiger charge is 2.37. The van der Waals surface area contributed by atoms with E-state index >= 15 is 0 Å². The van der Waals surface area contributed by atoms with Crippen LogP contribution in [0.3, 0.4) is 0 Å². The van der Waals surface area contributed by atoms with E-state index in [1.807, 2.05) is 30.3 Å². The summed E-state index contributed by atoms with van der Waals surface area (Å²) in [6.45, 7) is 0. The minimum absolute atomic E-state index is 0.140. The molecule has 1 aromatic carbocycles. The lowest BCUT2D eigenvalue weighted by Gasteiger charge is -2.41. The zero-order valence-corrected chi connectivity index (χ0v) is 10.5. The minimum atomic E-state index is -0.307. The first kappa shape index (κ1) is 11.6. The largest absolute Gasteiger partial charge is 0.446 e. The molecule has 1 atom stereocenters. The summed E-state index contributed by atoms with van der Waals surface area (Å²) >= 11 is 0. The number of carbonyl (C=O) groups is 1. The van der Waals surface area contributed by atoms with E-state index in [1.165, 1.54) is 25.7 Å². The van der Waals surface area contributed by atoms with Gasteiger partial charge in [-0.3, -0.25) is 5.32 Å². The van der Waals surface area contributed by atoms with Crippen molar-refractivity contribution in [3.8, 4) is 0 Å². The van der Waals surface area contributed by atoms with Gasteiger partial charge in [0.25, 0.3) is 0 Å². The molecule has 0 aromatic heterocycles. The van der Waals surface area contributed by atoms with E-state index in [9.17, 15) is 4.79 Å². The molecule has 2 bridgehead atoms. The molecule has 3 aliphatic rings. The van der Waals surface area contributed by atoms with Crippen LogP contribution in [0.4, 0.5) is 10.5 Å². The first-order valence-corrected chi connectivity index (χ1v) is 6.84. The van der Waals surface area contributed by atoms with Crippen molar-refractivity contribution in [2.24, 2.45) is 11.8 Å². The normalized spacial score (nSPS) is 29.9. The summed E-state index contributed by atoms with van der Waals surface area (Å²) < 4.78 is 5.58. The highest BCUT2D eigenvalue weighted by molar-refractivity contribution is 5.84. The van der Waals surface area contributed by atoms with E-state index in [-0.39, 0.29) is 12.2 Å². The lowest BCUT2D eigenvalue weighted by molar-refractivity contribution is -0.00735. The van der Waals surface area contributed by atoms with Gasteiger partial charge in [0, 0.05) is 5.69 Å². The fourth-order valence-corrected chi connectivity index (χ4v) is 3.27. The molecule has 0 spiro atoms. The number of hydrogen-bond donors (Lipinski definition) is 1. The molecular weight excluding hydrogens is 226 g/mol. The lowest BCUT2D eigenvalue weighted by Crippen LogP contribution is -2.39. The minimum Gasteiger partial charge on any atom is -0.446 e. The van der Waals surface area contributed by atoms with E-state index < -0.39 is 0 Å². The maximum atomic E-state index is 11.8. The summed E-state index contributed by atoms with van der Waals surface area (Å²) in [5.74, 6) is 1.38.